The Morgan fingerprint density at radius 1 is 1.43 bits per heavy atom. The molecule has 0 aliphatic rings. The van der Waals surface area contributed by atoms with Crippen LogP contribution in [0.4, 0.5) is 0 Å². The fourth-order valence-corrected chi connectivity index (χ4v) is 1.95. The second-order valence-corrected chi connectivity index (χ2v) is 4.26. The molecule has 0 aliphatic heterocycles. The molecular formula is C9H8BrN3S. The van der Waals surface area contributed by atoms with E-state index in [1.807, 2.05) is 25.3 Å². The minimum atomic E-state index is 0.712. The minimum absolute atomic E-state index is 0.712. The van der Waals surface area contributed by atoms with Crippen LogP contribution >= 0.6 is 27.5 Å². The second kappa shape index (κ2) is 4.14. The molecule has 0 atom stereocenters. The molecule has 2 heterocycles. The van der Waals surface area contributed by atoms with Gasteiger partial charge < -0.3 is 0 Å². The fourth-order valence-electron chi connectivity index (χ4n) is 1.01. The molecule has 0 fully saturated rings. The van der Waals surface area contributed by atoms with Gasteiger partial charge in [0.25, 0.3) is 0 Å². The molecule has 0 spiro atoms. The van der Waals surface area contributed by atoms with Crippen LogP contribution in [0.25, 0.3) is 11.5 Å². The van der Waals surface area contributed by atoms with Gasteiger partial charge in [0.1, 0.15) is 10.7 Å². The SMILES string of the molecule is Cc1ccc(-c2nsc(CBr)n2)nc1. The molecule has 0 bridgehead atoms. The number of pyridine rings is 1. The van der Waals surface area contributed by atoms with Crippen LogP contribution in [-0.4, -0.2) is 14.3 Å². The molecule has 2 aromatic heterocycles. The Morgan fingerprint density at radius 2 is 2.29 bits per heavy atom. The summed E-state index contributed by atoms with van der Waals surface area (Å²) in [4.78, 5) is 8.59. The van der Waals surface area contributed by atoms with Gasteiger partial charge in [0.2, 0.25) is 0 Å². The smallest absolute Gasteiger partial charge is 0.191 e. The van der Waals surface area contributed by atoms with Crippen molar-refractivity contribution < 1.29 is 0 Å². The number of hydrogen-bond donors (Lipinski definition) is 0. The zero-order chi connectivity index (χ0) is 9.97. The summed E-state index contributed by atoms with van der Waals surface area (Å²) < 4.78 is 4.22. The van der Waals surface area contributed by atoms with Crippen LogP contribution < -0.4 is 0 Å². The summed E-state index contributed by atoms with van der Waals surface area (Å²) in [6.07, 6.45) is 1.82. The molecule has 2 rings (SSSR count). The Balaban J connectivity index is 2.34. The van der Waals surface area contributed by atoms with E-state index in [-0.39, 0.29) is 0 Å². The molecule has 5 heteroatoms. The van der Waals surface area contributed by atoms with E-state index in [4.69, 9.17) is 0 Å². The van der Waals surface area contributed by atoms with Crippen molar-refractivity contribution in [2.45, 2.75) is 12.3 Å². The lowest BCUT2D eigenvalue weighted by Crippen LogP contribution is -1.86. The van der Waals surface area contributed by atoms with Gasteiger partial charge in [-0.2, -0.15) is 4.37 Å². The zero-order valence-electron chi connectivity index (χ0n) is 7.57. The molecule has 2 aromatic rings. The molecule has 0 aromatic carbocycles. The Bertz CT molecular complexity index is 424. The normalized spacial score (nSPS) is 10.4. The predicted octanol–water partition coefficient (Wildman–Crippen LogP) is 2.80. The van der Waals surface area contributed by atoms with Crippen molar-refractivity contribution in [3.05, 3.63) is 28.9 Å². The summed E-state index contributed by atoms with van der Waals surface area (Å²) in [7, 11) is 0. The molecule has 0 saturated carbocycles. The summed E-state index contributed by atoms with van der Waals surface area (Å²) in [6, 6.07) is 3.95. The molecule has 3 nitrogen and oxygen atoms in total. The number of rotatable bonds is 2. The van der Waals surface area contributed by atoms with Crippen molar-refractivity contribution in [2.24, 2.45) is 0 Å². The van der Waals surface area contributed by atoms with Gasteiger partial charge in [-0.05, 0) is 30.1 Å². The van der Waals surface area contributed by atoms with Crippen molar-refractivity contribution in [1.82, 2.24) is 14.3 Å². The third-order valence-electron chi connectivity index (χ3n) is 1.72. The van der Waals surface area contributed by atoms with E-state index >= 15 is 0 Å². The van der Waals surface area contributed by atoms with Gasteiger partial charge in [-0.25, -0.2) is 4.98 Å². The number of nitrogens with zero attached hydrogens (tertiary/aromatic N) is 3. The average Bonchev–Trinajstić information content (AvgIpc) is 2.67. The van der Waals surface area contributed by atoms with Gasteiger partial charge in [0.05, 0.1) is 5.33 Å². The van der Waals surface area contributed by atoms with Crippen LogP contribution in [-0.2, 0) is 5.33 Å². The highest BCUT2D eigenvalue weighted by Crippen LogP contribution is 2.17. The van der Waals surface area contributed by atoms with Gasteiger partial charge in [-0.3, -0.25) is 4.98 Å². The van der Waals surface area contributed by atoms with E-state index in [2.05, 4.69) is 30.3 Å². The van der Waals surface area contributed by atoms with Crippen molar-refractivity contribution in [3.8, 4) is 11.5 Å². The third-order valence-corrected chi connectivity index (χ3v) is 3.34. The lowest BCUT2D eigenvalue weighted by atomic mass is 10.3. The molecule has 0 amide bonds. The molecule has 0 N–H and O–H groups in total. The summed E-state index contributed by atoms with van der Waals surface area (Å²) in [5, 5.41) is 1.72. The molecule has 0 aliphatic carbocycles. The van der Waals surface area contributed by atoms with Crippen molar-refractivity contribution in [3.63, 3.8) is 0 Å². The van der Waals surface area contributed by atoms with Crippen LogP contribution in [0.15, 0.2) is 18.3 Å². The standard InChI is InChI=1S/C9H8BrN3S/c1-6-2-3-7(11-5-6)9-12-8(4-10)14-13-9/h2-3,5H,4H2,1H3. The number of alkyl halides is 1. The molecule has 0 unspecified atom stereocenters. The summed E-state index contributed by atoms with van der Waals surface area (Å²) in [5.74, 6) is 0.712. The van der Waals surface area contributed by atoms with Crippen molar-refractivity contribution in [1.29, 1.82) is 0 Å². The Labute approximate surface area is 94.5 Å². The predicted molar refractivity (Wildman–Crippen MR) is 60.5 cm³/mol. The van der Waals surface area contributed by atoms with Gasteiger partial charge in [-0.1, -0.05) is 22.0 Å². The molecule has 14 heavy (non-hydrogen) atoms. The van der Waals surface area contributed by atoms with Gasteiger partial charge in [0.15, 0.2) is 5.82 Å². The van der Waals surface area contributed by atoms with Gasteiger partial charge in [-0.15, -0.1) is 0 Å². The van der Waals surface area contributed by atoms with Crippen LogP contribution in [0.1, 0.15) is 10.6 Å². The van der Waals surface area contributed by atoms with Crippen LogP contribution in [0.2, 0.25) is 0 Å². The monoisotopic (exact) mass is 269 g/mol. The lowest BCUT2D eigenvalue weighted by molar-refractivity contribution is 1.18. The van der Waals surface area contributed by atoms with E-state index in [9.17, 15) is 0 Å². The first-order valence-corrected chi connectivity index (χ1v) is 6.00. The van der Waals surface area contributed by atoms with Crippen LogP contribution in [0, 0.1) is 6.92 Å². The van der Waals surface area contributed by atoms with Gasteiger partial charge in [0, 0.05) is 6.20 Å². The maximum absolute atomic E-state index is 4.33. The molecule has 0 radical (unpaired) electrons. The number of halogens is 1. The highest BCUT2D eigenvalue weighted by Gasteiger charge is 2.05. The molecular weight excluding hydrogens is 262 g/mol. The highest BCUT2D eigenvalue weighted by atomic mass is 79.9. The van der Waals surface area contributed by atoms with E-state index in [1.165, 1.54) is 11.5 Å². The third kappa shape index (κ3) is 1.99. The second-order valence-electron chi connectivity index (χ2n) is 2.87. The Hall–Kier alpha value is -0.810. The summed E-state index contributed by atoms with van der Waals surface area (Å²) in [6.45, 7) is 2.01. The summed E-state index contributed by atoms with van der Waals surface area (Å²) >= 11 is 4.74. The van der Waals surface area contributed by atoms with E-state index < -0.39 is 0 Å². The fraction of sp³-hybridized carbons (Fsp3) is 0.222. The van der Waals surface area contributed by atoms with Crippen LogP contribution in [0.3, 0.4) is 0 Å². The molecule has 72 valence electrons. The zero-order valence-corrected chi connectivity index (χ0v) is 9.97. The van der Waals surface area contributed by atoms with E-state index in [1.54, 1.807) is 0 Å². The maximum atomic E-state index is 4.33. The molecule has 0 saturated heterocycles. The first-order chi connectivity index (χ1) is 6.79. The van der Waals surface area contributed by atoms with Crippen molar-refractivity contribution in [2.75, 3.05) is 0 Å². The maximum Gasteiger partial charge on any atom is 0.191 e. The average molecular weight is 270 g/mol. The number of aromatic nitrogens is 3. The first-order valence-electron chi connectivity index (χ1n) is 4.11. The van der Waals surface area contributed by atoms with E-state index in [0.29, 0.717) is 5.82 Å². The largest absolute Gasteiger partial charge is 0.253 e. The Morgan fingerprint density at radius 3 is 2.86 bits per heavy atom. The number of hydrogen-bond acceptors (Lipinski definition) is 4. The van der Waals surface area contributed by atoms with Crippen LogP contribution in [0.5, 0.6) is 0 Å². The quantitative estimate of drug-likeness (QED) is 0.787. The first kappa shape index (κ1) is 9.73. The topological polar surface area (TPSA) is 38.7 Å². The van der Waals surface area contributed by atoms with Crippen molar-refractivity contribution >= 4 is 27.5 Å². The van der Waals surface area contributed by atoms with E-state index in [0.717, 1.165) is 21.6 Å². The van der Waals surface area contributed by atoms with Gasteiger partial charge >= 0.3 is 0 Å². The Kier molecular flexibility index (Phi) is 2.88. The summed E-state index contributed by atoms with van der Waals surface area (Å²) in [5.41, 5.74) is 1.98. The minimum Gasteiger partial charge on any atom is -0.253 e. The lowest BCUT2D eigenvalue weighted by Gasteiger charge is -1.94. The number of aryl methyl sites for hydroxylation is 1. The highest BCUT2D eigenvalue weighted by molar-refractivity contribution is 9.08.